The number of amides is 7. The number of benzene rings is 1. The SMILES string of the molecule is C=C1C(=O)N[C@H](C)C(=O)N[C@@H](C[C@@H](C)CC)C(=O)N[C@@H](C(=O)O)[C@H](C)C(=O)N[C@@H](CCCN=C(N)N)C(=O)N[C@@H](/C=C/C(C)=C/[C@H](C)[C@H](Cc2ccccc2)OC(C)=O)[C@H](C)C(=O)N[C@@H](C(=O)O)CCC(=O)N1C. The van der Waals surface area contributed by atoms with Gasteiger partial charge in [-0.2, -0.15) is 0 Å². The Kier molecular flexibility index (Phi) is 25.7. The zero-order valence-corrected chi connectivity index (χ0v) is 43.8. The summed E-state index contributed by atoms with van der Waals surface area (Å²) in [5, 5.41) is 35.6. The third kappa shape index (κ3) is 20.9. The third-order valence-electron chi connectivity index (χ3n) is 12.6. The Bertz CT molecular complexity index is 2280. The lowest BCUT2D eigenvalue weighted by molar-refractivity contribution is -0.148. The predicted molar refractivity (Wildman–Crippen MR) is 274 cm³/mol. The van der Waals surface area contributed by atoms with Crippen molar-refractivity contribution >= 4 is 65.2 Å². The first-order valence-electron chi connectivity index (χ1n) is 24.5. The summed E-state index contributed by atoms with van der Waals surface area (Å²) < 4.78 is 5.68. The van der Waals surface area contributed by atoms with Gasteiger partial charge in [-0.15, -0.1) is 0 Å². The molecule has 1 heterocycles. The lowest BCUT2D eigenvalue weighted by Gasteiger charge is -2.29. The number of likely N-dealkylation sites (N-methyl/N-ethyl adjacent to an activating group) is 1. The maximum Gasteiger partial charge on any atom is 0.327 e. The minimum Gasteiger partial charge on any atom is -0.480 e. The average molecular weight is 1040 g/mol. The number of esters is 1. The Morgan fingerprint density at radius 2 is 1.45 bits per heavy atom. The van der Waals surface area contributed by atoms with Crippen LogP contribution in [0.5, 0.6) is 0 Å². The number of nitrogens with zero attached hydrogens (tertiary/aromatic N) is 2. The largest absolute Gasteiger partial charge is 0.480 e. The topological polar surface area (TPSA) is 360 Å². The Hall–Kier alpha value is -7.59. The molecule has 2 rings (SSSR count). The maximum absolute atomic E-state index is 14.4. The van der Waals surface area contributed by atoms with E-state index in [0.29, 0.717) is 18.4 Å². The molecule has 0 bridgehead atoms. The number of rotatable bonds is 16. The molecule has 1 aromatic carbocycles. The van der Waals surface area contributed by atoms with Crippen LogP contribution >= 0.6 is 0 Å². The first-order chi connectivity index (χ1) is 34.7. The number of carboxylic acids is 2. The molecule has 0 unspecified atom stereocenters. The molecule has 0 spiro atoms. The van der Waals surface area contributed by atoms with Gasteiger partial charge in [0, 0.05) is 39.3 Å². The summed E-state index contributed by atoms with van der Waals surface area (Å²) in [5.41, 5.74) is 12.1. The van der Waals surface area contributed by atoms with E-state index in [1.807, 2.05) is 50.3 Å². The van der Waals surface area contributed by atoms with Gasteiger partial charge >= 0.3 is 17.9 Å². The Morgan fingerprint density at radius 3 is 2.03 bits per heavy atom. The normalized spacial score (nSPS) is 25.0. The molecule has 23 nitrogen and oxygen atoms in total. The minimum atomic E-state index is -1.90. The maximum atomic E-state index is 14.4. The molecule has 1 aromatic rings. The lowest BCUT2D eigenvalue weighted by atomic mass is 9.94. The quantitative estimate of drug-likeness (QED) is 0.0275. The van der Waals surface area contributed by atoms with Gasteiger partial charge in [0.25, 0.3) is 5.91 Å². The molecular formula is C51H76N10O13. The second kappa shape index (κ2) is 30.4. The molecule has 1 aliphatic rings. The highest BCUT2D eigenvalue weighted by atomic mass is 16.5. The number of aliphatic imine (C=N–C) groups is 1. The molecule has 0 aromatic heterocycles. The fraction of sp³-hybridized carbons (Fsp3) is 0.549. The van der Waals surface area contributed by atoms with Crippen molar-refractivity contribution in [1.29, 1.82) is 0 Å². The van der Waals surface area contributed by atoms with Crippen LogP contribution in [-0.2, 0) is 59.1 Å². The van der Waals surface area contributed by atoms with Crippen LogP contribution in [0.3, 0.4) is 0 Å². The van der Waals surface area contributed by atoms with E-state index in [4.69, 9.17) is 16.2 Å². The van der Waals surface area contributed by atoms with E-state index in [1.54, 1.807) is 19.9 Å². The minimum absolute atomic E-state index is 0.00282. The molecule has 0 saturated carbocycles. The number of aliphatic carboxylic acids is 2. The van der Waals surface area contributed by atoms with Gasteiger partial charge in [-0.1, -0.05) is 102 Å². The van der Waals surface area contributed by atoms with Crippen LogP contribution in [0, 0.1) is 23.7 Å². The van der Waals surface area contributed by atoms with E-state index in [-0.39, 0.29) is 43.6 Å². The Labute approximate surface area is 432 Å². The van der Waals surface area contributed by atoms with Gasteiger partial charge in [-0.3, -0.25) is 43.3 Å². The molecule has 7 amide bonds. The van der Waals surface area contributed by atoms with Gasteiger partial charge in [0.05, 0.1) is 17.9 Å². The van der Waals surface area contributed by atoms with Crippen molar-refractivity contribution in [3.63, 3.8) is 0 Å². The molecule has 1 aliphatic heterocycles. The van der Waals surface area contributed by atoms with Gasteiger partial charge in [0.2, 0.25) is 35.4 Å². The van der Waals surface area contributed by atoms with Crippen molar-refractivity contribution in [1.82, 2.24) is 36.8 Å². The van der Waals surface area contributed by atoms with Crippen LogP contribution in [0.2, 0.25) is 0 Å². The molecule has 23 heteroatoms. The number of carbonyl (C=O) groups excluding carboxylic acids is 8. The fourth-order valence-corrected chi connectivity index (χ4v) is 7.62. The van der Waals surface area contributed by atoms with Gasteiger partial charge in [-0.25, -0.2) is 9.59 Å². The van der Waals surface area contributed by atoms with E-state index < -0.39 is 132 Å². The van der Waals surface area contributed by atoms with Crippen LogP contribution in [-0.4, -0.2) is 136 Å². The molecule has 12 N–H and O–H groups in total. The van der Waals surface area contributed by atoms with E-state index in [1.165, 1.54) is 40.8 Å². The second-order valence-corrected chi connectivity index (χ2v) is 18.8. The predicted octanol–water partition coefficient (Wildman–Crippen LogP) is 0.925. The molecular weight excluding hydrogens is 961 g/mol. The molecule has 74 heavy (non-hydrogen) atoms. The highest BCUT2D eigenvalue weighted by Crippen LogP contribution is 2.20. The smallest absolute Gasteiger partial charge is 0.327 e. The van der Waals surface area contributed by atoms with Crippen molar-refractivity contribution in [3.8, 4) is 0 Å². The number of carboxylic acid groups (broad SMARTS) is 2. The van der Waals surface area contributed by atoms with Crippen molar-refractivity contribution in [2.45, 2.75) is 143 Å². The number of hydrogen-bond acceptors (Lipinski definition) is 12. The van der Waals surface area contributed by atoms with Gasteiger partial charge in [0.1, 0.15) is 42.0 Å². The van der Waals surface area contributed by atoms with Crippen LogP contribution in [0.4, 0.5) is 0 Å². The monoisotopic (exact) mass is 1040 g/mol. The summed E-state index contributed by atoms with van der Waals surface area (Å²) in [7, 11) is 1.20. The number of nitrogens with two attached hydrogens (primary N) is 2. The number of carbonyl (C=O) groups is 10. The second-order valence-electron chi connectivity index (χ2n) is 18.8. The van der Waals surface area contributed by atoms with Crippen LogP contribution in [0.1, 0.15) is 99.5 Å². The van der Waals surface area contributed by atoms with E-state index in [0.717, 1.165) is 10.5 Å². The number of allylic oxidation sites excluding steroid dienone is 2. The first-order valence-corrected chi connectivity index (χ1v) is 24.5. The number of nitrogens with one attached hydrogen (secondary N) is 6. The first kappa shape index (κ1) is 62.5. The highest BCUT2D eigenvalue weighted by molar-refractivity contribution is 6.00. The summed E-state index contributed by atoms with van der Waals surface area (Å²) in [6.45, 7) is 16.1. The zero-order chi connectivity index (χ0) is 56.0. The summed E-state index contributed by atoms with van der Waals surface area (Å²) >= 11 is 0. The van der Waals surface area contributed by atoms with Crippen LogP contribution in [0.25, 0.3) is 0 Å². The average Bonchev–Trinajstić information content (AvgIpc) is 3.34. The van der Waals surface area contributed by atoms with Gasteiger partial charge < -0.3 is 63.2 Å². The molecule has 0 aliphatic carbocycles. The van der Waals surface area contributed by atoms with Crippen molar-refractivity contribution in [3.05, 3.63) is 72.0 Å². The van der Waals surface area contributed by atoms with Crippen molar-refractivity contribution in [2.75, 3.05) is 13.6 Å². The van der Waals surface area contributed by atoms with E-state index >= 15 is 0 Å². The fourth-order valence-electron chi connectivity index (χ4n) is 7.62. The number of ether oxygens (including phenoxy) is 1. The summed E-state index contributed by atoms with van der Waals surface area (Å²) in [5.74, 6) is -13.5. The lowest BCUT2D eigenvalue weighted by Crippen LogP contribution is -2.59. The molecule has 1 saturated heterocycles. The summed E-state index contributed by atoms with van der Waals surface area (Å²) in [6.07, 6.45) is 4.28. The van der Waals surface area contributed by atoms with Gasteiger partial charge in [0.15, 0.2) is 5.96 Å². The van der Waals surface area contributed by atoms with Crippen molar-refractivity contribution in [2.24, 2.45) is 40.1 Å². The number of guanidine groups is 1. The summed E-state index contributed by atoms with van der Waals surface area (Å²) in [4.78, 5) is 139. The van der Waals surface area contributed by atoms with Crippen LogP contribution < -0.4 is 43.4 Å². The third-order valence-corrected chi connectivity index (χ3v) is 12.6. The van der Waals surface area contributed by atoms with Crippen LogP contribution in [0.15, 0.2) is 71.4 Å². The Balaban J connectivity index is 2.77. The summed E-state index contributed by atoms with van der Waals surface area (Å²) in [6, 6.07) is 0.448. The van der Waals surface area contributed by atoms with Gasteiger partial charge in [-0.05, 0) is 51.0 Å². The van der Waals surface area contributed by atoms with Crippen molar-refractivity contribution < 1.29 is 62.9 Å². The molecule has 1 fully saturated rings. The highest BCUT2D eigenvalue weighted by Gasteiger charge is 2.37. The molecule has 408 valence electrons. The zero-order valence-electron chi connectivity index (χ0n) is 43.8. The standard InChI is InChI=1S/C51H76N10O13/c1-11-27(2)25-39-48(69)60-42(50(72)73)31(6)44(65)57-37(18-15-23-54-51(52)53)47(68)56-36(20-19-28(3)24-29(4)40(74-34(9)62)26-35-16-13-12-14-17-35)30(5)43(64)58-38(49(70)71)21-22-41(63)61(10)33(8)46(67)55-32(7)45(66)59-39/h12-14,16-17,19-20,24,27,29-32,36-40,42H,8,11,15,18,21-23,25-26H2,1-7,9-10H3,(H,55,67)(H,56,68)(H,57,65)(H,58,64)(H,59,66)(H,60,69)(H,70,71)(H,72,73)(H4,52,53,54)/b20-19+,28-24+/t27-,29-,30-,31-,32+,36-,37-,38+,39-,40-,42+/m0/s1. The van der Waals surface area contributed by atoms with E-state index in [9.17, 15) is 58.2 Å². The Morgan fingerprint density at radius 1 is 0.838 bits per heavy atom. The number of hydrogen-bond donors (Lipinski definition) is 10. The molecule has 0 radical (unpaired) electrons. The molecule has 11 atom stereocenters. The van der Waals surface area contributed by atoms with E-state index in [2.05, 4.69) is 43.5 Å².